The van der Waals surface area contributed by atoms with Crippen LogP contribution in [0.2, 0.25) is 0 Å². The first-order valence-electron chi connectivity index (χ1n) is 7.88. The number of pyridine rings is 1. The van der Waals surface area contributed by atoms with Gasteiger partial charge in [0.2, 0.25) is 0 Å². The number of fused-ring (bicyclic) bond motifs is 1. The molecule has 0 bridgehead atoms. The lowest BCUT2D eigenvalue weighted by Crippen LogP contribution is -2.24. The fraction of sp³-hybridized carbons (Fsp3) is 0.111. The Bertz CT molecular complexity index is 1080. The summed E-state index contributed by atoms with van der Waals surface area (Å²) in [5.74, 6) is 1.24. The third-order valence-corrected chi connectivity index (χ3v) is 3.88. The van der Waals surface area contributed by atoms with Crippen LogP contribution in [0.4, 0.5) is 11.6 Å². The summed E-state index contributed by atoms with van der Waals surface area (Å²) in [6.07, 6.45) is 3.43. The molecule has 0 saturated carbocycles. The molecule has 0 aliphatic rings. The molecule has 0 saturated heterocycles. The van der Waals surface area contributed by atoms with Crippen molar-refractivity contribution in [3.8, 4) is 0 Å². The second-order valence-corrected chi connectivity index (χ2v) is 5.78. The molecule has 0 fully saturated rings. The largest absolute Gasteiger partial charge is 0.321 e. The molecule has 0 radical (unpaired) electrons. The molecule has 0 aliphatic heterocycles. The Balaban J connectivity index is 1.83. The van der Waals surface area contributed by atoms with Crippen molar-refractivity contribution in [1.29, 1.82) is 0 Å². The molecule has 0 spiro atoms. The number of rotatable bonds is 4. The van der Waals surface area contributed by atoms with Crippen molar-refractivity contribution < 1.29 is 0 Å². The number of aromatic nitrogens is 5. The van der Waals surface area contributed by atoms with E-state index >= 15 is 0 Å². The van der Waals surface area contributed by atoms with Crippen LogP contribution in [-0.2, 0) is 6.54 Å². The van der Waals surface area contributed by atoms with Gasteiger partial charge in [-0.15, -0.1) is 0 Å². The zero-order chi connectivity index (χ0) is 17.2. The second kappa shape index (κ2) is 6.20. The predicted octanol–water partition coefficient (Wildman–Crippen LogP) is 2.61. The third kappa shape index (κ3) is 2.99. The molecule has 0 unspecified atom stereocenters. The van der Waals surface area contributed by atoms with E-state index in [2.05, 4.69) is 25.6 Å². The van der Waals surface area contributed by atoms with Crippen LogP contribution < -0.4 is 10.9 Å². The fourth-order valence-electron chi connectivity index (χ4n) is 2.70. The minimum atomic E-state index is -0.136. The van der Waals surface area contributed by atoms with E-state index in [9.17, 15) is 4.79 Å². The zero-order valence-electron chi connectivity index (χ0n) is 13.6. The van der Waals surface area contributed by atoms with Crippen LogP contribution in [0.25, 0.3) is 10.8 Å². The van der Waals surface area contributed by atoms with Crippen LogP contribution >= 0.6 is 0 Å². The van der Waals surface area contributed by atoms with Crippen molar-refractivity contribution in [2.75, 3.05) is 5.32 Å². The minimum absolute atomic E-state index is 0.136. The summed E-state index contributed by atoms with van der Waals surface area (Å²) in [5.41, 5.74) is 1.72. The molecule has 3 heterocycles. The van der Waals surface area contributed by atoms with Crippen molar-refractivity contribution in [3.63, 3.8) is 0 Å². The van der Waals surface area contributed by atoms with E-state index in [1.54, 1.807) is 18.5 Å². The molecule has 0 amide bonds. The molecule has 25 heavy (non-hydrogen) atoms. The lowest BCUT2D eigenvalue weighted by Gasteiger charge is -2.11. The molecule has 0 aliphatic carbocycles. The van der Waals surface area contributed by atoms with E-state index in [0.717, 1.165) is 16.6 Å². The number of nitrogens with one attached hydrogen (secondary N) is 2. The van der Waals surface area contributed by atoms with Crippen molar-refractivity contribution in [2.24, 2.45) is 0 Å². The van der Waals surface area contributed by atoms with Gasteiger partial charge in [0.1, 0.15) is 0 Å². The van der Waals surface area contributed by atoms with E-state index in [0.29, 0.717) is 23.6 Å². The molecule has 124 valence electrons. The van der Waals surface area contributed by atoms with Gasteiger partial charge in [-0.25, -0.2) is 4.68 Å². The maximum absolute atomic E-state index is 12.8. The van der Waals surface area contributed by atoms with E-state index in [-0.39, 0.29) is 5.56 Å². The first-order valence-corrected chi connectivity index (χ1v) is 7.88. The summed E-state index contributed by atoms with van der Waals surface area (Å²) in [6, 6.07) is 13.1. The summed E-state index contributed by atoms with van der Waals surface area (Å²) in [5, 5.41) is 16.1. The maximum atomic E-state index is 12.8. The highest BCUT2D eigenvalue weighted by atomic mass is 16.1. The van der Waals surface area contributed by atoms with Gasteiger partial charge in [0.25, 0.3) is 5.56 Å². The number of aromatic amines is 1. The molecule has 3 aromatic heterocycles. The smallest absolute Gasteiger partial charge is 0.275 e. The predicted molar refractivity (Wildman–Crippen MR) is 95.9 cm³/mol. The average Bonchev–Trinajstić information content (AvgIpc) is 3.05. The molecular formula is C18H16N6O. The summed E-state index contributed by atoms with van der Waals surface area (Å²) in [7, 11) is 0. The molecule has 4 rings (SSSR count). The Kier molecular flexibility index (Phi) is 3.74. The van der Waals surface area contributed by atoms with E-state index < -0.39 is 0 Å². The highest BCUT2D eigenvalue weighted by molar-refractivity contribution is 5.92. The first-order chi connectivity index (χ1) is 12.2. The van der Waals surface area contributed by atoms with Gasteiger partial charge >= 0.3 is 0 Å². The van der Waals surface area contributed by atoms with Gasteiger partial charge in [0, 0.05) is 29.5 Å². The number of nitrogens with zero attached hydrogens (tertiary/aromatic N) is 4. The lowest BCUT2D eigenvalue weighted by molar-refractivity contribution is 0.650. The molecule has 1 aromatic carbocycles. The van der Waals surface area contributed by atoms with Crippen molar-refractivity contribution in [2.45, 2.75) is 13.5 Å². The lowest BCUT2D eigenvalue weighted by atomic mass is 10.2. The molecule has 0 atom stereocenters. The van der Waals surface area contributed by atoms with Crippen LogP contribution in [-0.4, -0.2) is 25.0 Å². The standard InChI is InChI=1S/C18H16N6O/c1-12-9-16(22-21-12)20-17-14-6-2-3-7-15(14)18(25)24(23-17)11-13-5-4-8-19-10-13/h2-10H,11H2,1H3,(H2,20,21,22,23). The monoisotopic (exact) mass is 332 g/mol. The van der Waals surface area contributed by atoms with Crippen LogP contribution in [0.1, 0.15) is 11.3 Å². The normalized spacial score (nSPS) is 10.9. The number of hydrogen-bond acceptors (Lipinski definition) is 5. The molecule has 7 heteroatoms. The van der Waals surface area contributed by atoms with Gasteiger partial charge in [-0.2, -0.15) is 10.2 Å². The van der Waals surface area contributed by atoms with Gasteiger partial charge in [-0.05, 0) is 24.6 Å². The molecule has 7 nitrogen and oxygen atoms in total. The number of aryl methyl sites for hydroxylation is 1. The van der Waals surface area contributed by atoms with Crippen LogP contribution in [0.15, 0.2) is 59.7 Å². The van der Waals surface area contributed by atoms with E-state index in [1.165, 1.54) is 4.68 Å². The van der Waals surface area contributed by atoms with Crippen LogP contribution in [0.3, 0.4) is 0 Å². The Morgan fingerprint density at radius 3 is 2.72 bits per heavy atom. The second-order valence-electron chi connectivity index (χ2n) is 5.78. The summed E-state index contributed by atoms with van der Waals surface area (Å²) < 4.78 is 1.45. The Morgan fingerprint density at radius 2 is 2.00 bits per heavy atom. The minimum Gasteiger partial charge on any atom is -0.321 e. The summed E-state index contributed by atoms with van der Waals surface area (Å²) >= 11 is 0. The summed E-state index contributed by atoms with van der Waals surface area (Å²) in [4.78, 5) is 16.9. The highest BCUT2D eigenvalue weighted by Crippen LogP contribution is 2.21. The first kappa shape index (κ1) is 15.1. The molecule has 2 N–H and O–H groups in total. The zero-order valence-corrected chi connectivity index (χ0v) is 13.6. The molecular weight excluding hydrogens is 316 g/mol. The summed E-state index contributed by atoms with van der Waals surface area (Å²) in [6.45, 7) is 2.28. The van der Waals surface area contributed by atoms with Crippen molar-refractivity contribution >= 4 is 22.4 Å². The number of H-pyrrole nitrogens is 1. The van der Waals surface area contributed by atoms with E-state index in [1.807, 2.05) is 43.3 Å². The Labute approximate surface area is 143 Å². The third-order valence-electron chi connectivity index (χ3n) is 3.88. The van der Waals surface area contributed by atoms with Gasteiger partial charge < -0.3 is 5.32 Å². The fourth-order valence-corrected chi connectivity index (χ4v) is 2.70. The Morgan fingerprint density at radius 1 is 1.16 bits per heavy atom. The van der Waals surface area contributed by atoms with Crippen molar-refractivity contribution in [1.82, 2.24) is 25.0 Å². The maximum Gasteiger partial charge on any atom is 0.275 e. The average molecular weight is 332 g/mol. The van der Waals surface area contributed by atoms with Gasteiger partial charge in [0.15, 0.2) is 11.6 Å². The van der Waals surface area contributed by atoms with Crippen LogP contribution in [0.5, 0.6) is 0 Å². The van der Waals surface area contributed by atoms with Gasteiger partial charge in [-0.1, -0.05) is 24.3 Å². The number of anilines is 2. The number of benzene rings is 1. The van der Waals surface area contributed by atoms with E-state index in [4.69, 9.17) is 0 Å². The molecule has 4 aromatic rings. The highest BCUT2D eigenvalue weighted by Gasteiger charge is 2.12. The van der Waals surface area contributed by atoms with Gasteiger partial charge in [-0.3, -0.25) is 14.9 Å². The number of hydrogen-bond donors (Lipinski definition) is 2. The van der Waals surface area contributed by atoms with Gasteiger partial charge in [0.05, 0.1) is 11.9 Å². The van der Waals surface area contributed by atoms with Crippen molar-refractivity contribution in [3.05, 3.63) is 76.5 Å². The quantitative estimate of drug-likeness (QED) is 0.600. The topological polar surface area (TPSA) is 88.5 Å². The van der Waals surface area contributed by atoms with Crippen LogP contribution in [0, 0.1) is 6.92 Å². The SMILES string of the molecule is Cc1cc(Nc2nn(Cc3cccnc3)c(=O)c3ccccc23)n[nH]1. The Hall–Kier alpha value is -3.48.